The van der Waals surface area contributed by atoms with Crippen LogP contribution >= 0.6 is 0 Å². The van der Waals surface area contributed by atoms with Gasteiger partial charge >= 0.3 is 18.1 Å². The van der Waals surface area contributed by atoms with E-state index in [1.807, 2.05) is 13.8 Å². The summed E-state index contributed by atoms with van der Waals surface area (Å²) in [7, 11) is 0. The molecule has 1 saturated carbocycles. The number of hydrogen-bond donors (Lipinski definition) is 2. The van der Waals surface area contributed by atoms with Crippen LogP contribution in [0.15, 0.2) is 0 Å². The molecule has 2 amide bonds. The van der Waals surface area contributed by atoms with Crippen molar-refractivity contribution in [3.63, 3.8) is 0 Å². The Morgan fingerprint density at radius 2 is 1.72 bits per heavy atom. The molecule has 9 heteroatoms. The number of amides is 2. The molecule has 1 heterocycles. The second-order valence-electron chi connectivity index (χ2n) is 8.50. The van der Waals surface area contributed by atoms with Crippen molar-refractivity contribution in [2.24, 2.45) is 22.7 Å². The van der Waals surface area contributed by atoms with Gasteiger partial charge < -0.3 is 15.3 Å². The number of carboxylic acids is 1. The molecule has 1 aliphatic carbocycles. The Morgan fingerprint density at radius 1 is 1.20 bits per heavy atom. The quantitative estimate of drug-likeness (QED) is 0.797. The summed E-state index contributed by atoms with van der Waals surface area (Å²) in [5, 5.41) is 11.2. The molecule has 0 aromatic carbocycles. The number of likely N-dealkylation sites (tertiary alicyclic amines) is 1. The van der Waals surface area contributed by atoms with Crippen LogP contribution in [-0.2, 0) is 14.4 Å². The van der Waals surface area contributed by atoms with E-state index >= 15 is 0 Å². The molecule has 2 rings (SSSR count). The van der Waals surface area contributed by atoms with Gasteiger partial charge in [-0.2, -0.15) is 13.2 Å². The fourth-order valence-corrected chi connectivity index (χ4v) is 3.82. The third kappa shape index (κ3) is 3.32. The second kappa shape index (κ2) is 5.60. The van der Waals surface area contributed by atoms with E-state index < -0.39 is 41.5 Å². The van der Waals surface area contributed by atoms with E-state index in [0.29, 0.717) is 0 Å². The second-order valence-corrected chi connectivity index (χ2v) is 8.50. The number of hydrogen-bond acceptors (Lipinski definition) is 3. The van der Waals surface area contributed by atoms with E-state index in [1.165, 1.54) is 20.8 Å². The SMILES string of the molecule is CC(C)(C)[C@@H](NC(=O)C(F)(F)F)C(=O)N1C[C@H]2[C@@H]([C@H]1C(=O)O)C2(C)C. The Kier molecular flexibility index (Phi) is 4.38. The number of fused-ring (bicyclic) bond motifs is 1. The maximum Gasteiger partial charge on any atom is 0.471 e. The monoisotopic (exact) mass is 364 g/mol. The lowest BCUT2D eigenvalue weighted by atomic mass is 9.85. The number of nitrogens with zero attached hydrogens (tertiary/aromatic N) is 1. The molecule has 6 nitrogen and oxygen atoms in total. The molecule has 2 aliphatic rings. The molecule has 0 bridgehead atoms. The van der Waals surface area contributed by atoms with Crippen LogP contribution in [0.25, 0.3) is 0 Å². The largest absolute Gasteiger partial charge is 0.480 e. The van der Waals surface area contributed by atoms with Gasteiger partial charge in [0.25, 0.3) is 0 Å². The molecule has 0 aromatic heterocycles. The minimum Gasteiger partial charge on any atom is -0.480 e. The van der Waals surface area contributed by atoms with E-state index in [2.05, 4.69) is 0 Å². The lowest BCUT2D eigenvalue weighted by Gasteiger charge is -2.36. The normalized spacial score (nSPS) is 29.0. The minimum absolute atomic E-state index is 0.00325. The molecule has 4 atom stereocenters. The third-order valence-corrected chi connectivity index (χ3v) is 5.39. The first-order valence-electron chi connectivity index (χ1n) is 8.01. The first-order chi connectivity index (χ1) is 11.1. The highest BCUT2D eigenvalue weighted by Crippen LogP contribution is 2.65. The summed E-state index contributed by atoms with van der Waals surface area (Å²) in [6.45, 7) is 8.54. The van der Waals surface area contributed by atoms with Crippen molar-refractivity contribution in [1.82, 2.24) is 10.2 Å². The summed E-state index contributed by atoms with van der Waals surface area (Å²) in [6.07, 6.45) is -5.12. The van der Waals surface area contributed by atoms with Gasteiger partial charge in [-0.05, 0) is 16.7 Å². The number of halogens is 3. The van der Waals surface area contributed by atoms with Crippen LogP contribution in [0.2, 0.25) is 0 Å². The molecule has 0 aromatic rings. The Balaban J connectivity index is 2.26. The zero-order valence-electron chi connectivity index (χ0n) is 14.8. The highest BCUT2D eigenvalue weighted by atomic mass is 19.4. The van der Waals surface area contributed by atoms with Gasteiger partial charge in [0.05, 0.1) is 0 Å². The molecule has 142 valence electrons. The standard InChI is InChI=1S/C16H23F3N2O4/c1-14(2,3)10(20-13(25)16(17,18)19)11(22)21-6-7-8(15(7,4)5)9(21)12(23)24/h7-10H,6H2,1-5H3,(H,20,25)(H,23,24)/t7-,8-,9-,10-/m0/s1. The molecule has 2 fully saturated rings. The summed E-state index contributed by atoms with van der Waals surface area (Å²) >= 11 is 0. The van der Waals surface area contributed by atoms with Crippen molar-refractivity contribution >= 4 is 17.8 Å². The van der Waals surface area contributed by atoms with E-state index in [9.17, 15) is 32.7 Å². The molecule has 1 aliphatic heterocycles. The Morgan fingerprint density at radius 3 is 2.12 bits per heavy atom. The first-order valence-corrected chi connectivity index (χ1v) is 8.01. The molecular weight excluding hydrogens is 341 g/mol. The number of aliphatic carboxylic acids is 1. The van der Waals surface area contributed by atoms with Gasteiger partial charge in [-0.15, -0.1) is 0 Å². The molecule has 1 saturated heterocycles. The minimum atomic E-state index is -5.12. The lowest BCUT2D eigenvalue weighted by molar-refractivity contribution is -0.176. The molecule has 0 unspecified atom stereocenters. The average molecular weight is 364 g/mol. The van der Waals surface area contributed by atoms with Gasteiger partial charge in [0.2, 0.25) is 5.91 Å². The van der Waals surface area contributed by atoms with Gasteiger partial charge in [0.1, 0.15) is 12.1 Å². The maximum atomic E-state index is 12.8. The van der Waals surface area contributed by atoms with Gasteiger partial charge in [-0.3, -0.25) is 9.59 Å². The Labute approximate surface area is 143 Å². The lowest BCUT2D eigenvalue weighted by Crippen LogP contribution is -2.59. The molecule has 2 N–H and O–H groups in total. The molecular formula is C16H23F3N2O4. The predicted molar refractivity (Wildman–Crippen MR) is 81.3 cm³/mol. The number of nitrogens with one attached hydrogen (secondary N) is 1. The number of alkyl halides is 3. The van der Waals surface area contributed by atoms with Gasteiger partial charge in [-0.1, -0.05) is 34.6 Å². The fourth-order valence-electron chi connectivity index (χ4n) is 3.82. The predicted octanol–water partition coefficient (Wildman–Crippen LogP) is 1.65. The van der Waals surface area contributed by atoms with Crippen molar-refractivity contribution < 1.29 is 32.7 Å². The van der Waals surface area contributed by atoms with E-state index in [-0.39, 0.29) is 23.8 Å². The number of carbonyl (C=O) groups is 3. The van der Waals surface area contributed by atoms with Crippen molar-refractivity contribution in [3.05, 3.63) is 0 Å². The highest BCUT2D eigenvalue weighted by molar-refractivity contribution is 5.93. The van der Waals surface area contributed by atoms with Crippen LogP contribution < -0.4 is 5.32 Å². The zero-order chi connectivity index (χ0) is 19.5. The summed E-state index contributed by atoms with van der Waals surface area (Å²) in [5.41, 5.74) is -1.23. The van der Waals surface area contributed by atoms with Crippen LogP contribution in [0, 0.1) is 22.7 Å². The molecule has 0 radical (unpaired) electrons. The van der Waals surface area contributed by atoms with Crippen molar-refractivity contribution in [3.8, 4) is 0 Å². The summed E-state index contributed by atoms with van der Waals surface area (Å²) in [5.74, 6) is -4.41. The van der Waals surface area contributed by atoms with Crippen LogP contribution in [-0.4, -0.2) is 52.6 Å². The van der Waals surface area contributed by atoms with Crippen molar-refractivity contribution in [1.29, 1.82) is 0 Å². The summed E-state index contributed by atoms with van der Waals surface area (Å²) < 4.78 is 37.7. The average Bonchev–Trinajstić information content (AvgIpc) is 2.82. The smallest absolute Gasteiger partial charge is 0.471 e. The molecule has 25 heavy (non-hydrogen) atoms. The van der Waals surface area contributed by atoms with E-state index in [1.54, 1.807) is 5.32 Å². The number of piperidine rings is 1. The van der Waals surface area contributed by atoms with Crippen molar-refractivity contribution in [2.45, 2.75) is 52.9 Å². The van der Waals surface area contributed by atoms with Gasteiger partial charge in [-0.25, -0.2) is 4.79 Å². The van der Waals surface area contributed by atoms with Crippen LogP contribution in [0.5, 0.6) is 0 Å². The summed E-state index contributed by atoms with van der Waals surface area (Å²) in [6, 6.07) is -2.55. The highest BCUT2D eigenvalue weighted by Gasteiger charge is 2.70. The summed E-state index contributed by atoms with van der Waals surface area (Å²) in [4.78, 5) is 36.9. The Bertz CT molecular complexity index is 609. The topological polar surface area (TPSA) is 86.7 Å². The van der Waals surface area contributed by atoms with E-state index in [4.69, 9.17) is 0 Å². The fraction of sp³-hybridized carbons (Fsp3) is 0.812. The van der Waals surface area contributed by atoms with Crippen molar-refractivity contribution in [2.75, 3.05) is 6.54 Å². The van der Waals surface area contributed by atoms with Gasteiger partial charge in [0, 0.05) is 12.5 Å². The molecule has 0 spiro atoms. The van der Waals surface area contributed by atoms with Crippen LogP contribution in [0.1, 0.15) is 34.6 Å². The number of carbonyl (C=O) groups excluding carboxylic acids is 2. The van der Waals surface area contributed by atoms with Crippen LogP contribution in [0.3, 0.4) is 0 Å². The van der Waals surface area contributed by atoms with Crippen LogP contribution in [0.4, 0.5) is 13.2 Å². The van der Waals surface area contributed by atoms with Gasteiger partial charge in [0.15, 0.2) is 0 Å². The number of rotatable bonds is 3. The van der Waals surface area contributed by atoms with E-state index in [0.717, 1.165) is 4.90 Å². The zero-order valence-corrected chi connectivity index (χ0v) is 14.8. The first kappa shape index (κ1) is 19.5. The maximum absolute atomic E-state index is 12.8. The third-order valence-electron chi connectivity index (χ3n) is 5.39. The Hall–Kier alpha value is -1.80. The number of carboxylic acid groups (broad SMARTS) is 1.